The van der Waals surface area contributed by atoms with Gasteiger partial charge in [-0.3, -0.25) is 9.67 Å². The molecule has 0 spiro atoms. The summed E-state index contributed by atoms with van der Waals surface area (Å²) in [5.74, 6) is -2.10. The molecule has 0 aliphatic rings. The molecule has 6 nitrogen and oxygen atoms in total. The van der Waals surface area contributed by atoms with E-state index in [0.717, 1.165) is 23.8 Å². The number of hydrogen-bond acceptors (Lipinski definition) is 4. The predicted octanol–water partition coefficient (Wildman–Crippen LogP) is 2.38. The molecular weight excluding hydrogens is 362 g/mol. The van der Waals surface area contributed by atoms with E-state index in [0.29, 0.717) is 11.4 Å². The molecule has 0 amide bonds. The van der Waals surface area contributed by atoms with E-state index in [1.54, 1.807) is 42.3 Å². The van der Waals surface area contributed by atoms with Crippen LogP contribution in [0.25, 0.3) is 11.3 Å². The van der Waals surface area contributed by atoms with Crippen molar-refractivity contribution in [1.82, 2.24) is 19.5 Å². The summed E-state index contributed by atoms with van der Waals surface area (Å²) < 4.78 is 55.1. The third-order valence-corrected chi connectivity index (χ3v) is 5.05. The van der Waals surface area contributed by atoms with Gasteiger partial charge >= 0.3 is 0 Å². The summed E-state index contributed by atoms with van der Waals surface area (Å²) in [4.78, 5) is 3.94. The summed E-state index contributed by atoms with van der Waals surface area (Å²) in [6.07, 6.45) is 3.28. The number of sulfonamides is 1. The molecule has 2 aromatic heterocycles. The smallest absolute Gasteiger partial charge is 0.216 e. The molecule has 9 heteroatoms. The summed E-state index contributed by atoms with van der Waals surface area (Å²) in [5, 5.41) is 4.34. The zero-order valence-electron chi connectivity index (χ0n) is 13.9. The van der Waals surface area contributed by atoms with E-state index in [-0.39, 0.29) is 12.1 Å². The maximum atomic E-state index is 13.6. The van der Waals surface area contributed by atoms with Gasteiger partial charge in [0.1, 0.15) is 11.6 Å². The monoisotopic (exact) mass is 378 g/mol. The van der Waals surface area contributed by atoms with Gasteiger partial charge in [-0.15, -0.1) is 0 Å². The van der Waals surface area contributed by atoms with E-state index in [1.165, 1.54) is 0 Å². The summed E-state index contributed by atoms with van der Waals surface area (Å²) in [7, 11) is -2.16. The fraction of sp³-hybridized carbons (Fsp3) is 0.176. The van der Waals surface area contributed by atoms with Crippen molar-refractivity contribution in [3.05, 3.63) is 71.7 Å². The molecule has 0 atom stereocenters. The van der Waals surface area contributed by atoms with E-state index >= 15 is 0 Å². The molecule has 0 unspecified atom stereocenters. The Kier molecular flexibility index (Phi) is 5.10. The fourth-order valence-electron chi connectivity index (χ4n) is 2.43. The molecule has 3 rings (SSSR count). The lowest BCUT2D eigenvalue weighted by Gasteiger charge is -2.08. The van der Waals surface area contributed by atoms with Gasteiger partial charge in [-0.25, -0.2) is 21.9 Å². The van der Waals surface area contributed by atoms with Crippen molar-refractivity contribution in [2.24, 2.45) is 7.05 Å². The molecule has 0 radical (unpaired) electrons. The molecule has 0 saturated heterocycles. The maximum Gasteiger partial charge on any atom is 0.216 e. The van der Waals surface area contributed by atoms with Crippen molar-refractivity contribution in [3.8, 4) is 11.3 Å². The minimum Gasteiger partial charge on any atom is -0.271 e. The van der Waals surface area contributed by atoms with Crippen LogP contribution in [0.4, 0.5) is 8.78 Å². The Morgan fingerprint density at radius 1 is 1.12 bits per heavy atom. The summed E-state index contributed by atoms with van der Waals surface area (Å²) >= 11 is 0. The third kappa shape index (κ3) is 4.30. The van der Waals surface area contributed by atoms with E-state index in [4.69, 9.17) is 0 Å². The van der Waals surface area contributed by atoms with E-state index < -0.39 is 27.4 Å². The summed E-state index contributed by atoms with van der Waals surface area (Å²) in [5.41, 5.74) is 1.94. The lowest BCUT2D eigenvalue weighted by atomic mass is 10.2. The molecular formula is C17H16F2N4O2S. The van der Waals surface area contributed by atoms with Crippen molar-refractivity contribution in [2.75, 3.05) is 0 Å². The fourth-order valence-corrected chi connectivity index (χ4v) is 3.53. The van der Waals surface area contributed by atoms with E-state index in [2.05, 4.69) is 14.8 Å². The largest absolute Gasteiger partial charge is 0.271 e. The van der Waals surface area contributed by atoms with Crippen LogP contribution in [-0.2, 0) is 29.4 Å². The van der Waals surface area contributed by atoms with Crippen molar-refractivity contribution >= 4 is 10.0 Å². The van der Waals surface area contributed by atoms with Gasteiger partial charge in [-0.2, -0.15) is 5.10 Å². The van der Waals surface area contributed by atoms with Crippen molar-refractivity contribution in [1.29, 1.82) is 0 Å². The first-order valence-electron chi connectivity index (χ1n) is 7.68. The number of nitrogens with one attached hydrogen (secondary N) is 1. The Morgan fingerprint density at radius 2 is 1.85 bits per heavy atom. The van der Waals surface area contributed by atoms with Gasteiger partial charge in [-0.05, 0) is 36.4 Å². The van der Waals surface area contributed by atoms with Gasteiger partial charge in [-0.1, -0.05) is 0 Å². The molecule has 1 aromatic carbocycles. The van der Waals surface area contributed by atoms with Gasteiger partial charge < -0.3 is 0 Å². The minimum atomic E-state index is -3.85. The number of aromatic nitrogens is 3. The molecule has 136 valence electrons. The average Bonchev–Trinajstić information content (AvgIpc) is 2.98. The molecule has 0 aliphatic heterocycles. The molecule has 0 saturated carbocycles. The van der Waals surface area contributed by atoms with Crippen LogP contribution < -0.4 is 4.72 Å². The van der Waals surface area contributed by atoms with Gasteiger partial charge in [0.2, 0.25) is 10.0 Å². The Bertz CT molecular complexity index is 1020. The van der Waals surface area contributed by atoms with Crippen LogP contribution in [0.2, 0.25) is 0 Å². The molecule has 1 N–H and O–H groups in total. The first-order valence-corrected chi connectivity index (χ1v) is 9.34. The van der Waals surface area contributed by atoms with Crippen LogP contribution in [-0.4, -0.2) is 23.2 Å². The maximum absolute atomic E-state index is 13.6. The molecule has 0 fully saturated rings. The standard InChI is InChI=1S/C17H16F2N4O2S/c1-23-15(9-17(22-23)12-4-6-20-7-5-12)10-21-26(24,25)11-13-8-14(18)2-3-16(13)19/h2-9,21H,10-11H2,1H3. The molecule has 26 heavy (non-hydrogen) atoms. The van der Waals surface area contributed by atoms with Gasteiger partial charge in [0.25, 0.3) is 0 Å². The first kappa shape index (κ1) is 18.2. The van der Waals surface area contributed by atoms with Crippen molar-refractivity contribution in [3.63, 3.8) is 0 Å². The number of pyridine rings is 1. The Balaban J connectivity index is 1.72. The molecule has 0 bridgehead atoms. The molecule has 3 aromatic rings. The molecule has 2 heterocycles. The van der Waals surface area contributed by atoms with Gasteiger partial charge in [0.15, 0.2) is 0 Å². The second kappa shape index (κ2) is 7.30. The Hall–Kier alpha value is -2.65. The zero-order valence-corrected chi connectivity index (χ0v) is 14.7. The third-order valence-electron chi connectivity index (χ3n) is 3.78. The van der Waals surface area contributed by atoms with E-state index in [1.807, 2.05) is 0 Å². The predicted molar refractivity (Wildman–Crippen MR) is 92.3 cm³/mol. The van der Waals surface area contributed by atoms with Crippen LogP contribution in [0, 0.1) is 11.6 Å². The first-order chi connectivity index (χ1) is 12.3. The number of rotatable bonds is 6. The zero-order chi connectivity index (χ0) is 18.7. The van der Waals surface area contributed by atoms with Crippen LogP contribution in [0.1, 0.15) is 11.3 Å². The average molecular weight is 378 g/mol. The quantitative estimate of drug-likeness (QED) is 0.715. The summed E-state index contributed by atoms with van der Waals surface area (Å²) in [6.45, 7) is -0.0200. The highest BCUT2D eigenvalue weighted by atomic mass is 32.2. The second-order valence-electron chi connectivity index (χ2n) is 5.70. The Labute approximate surface area is 149 Å². The second-order valence-corrected chi connectivity index (χ2v) is 7.50. The number of nitrogens with zero attached hydrogens (tertiary/aromatic N) is 3. The topological polar surface area (TPSA) is 76.9 Å². The van der Waals surface area contributed by atoms with Crippen LogP contribution in [0.5, 0.6) is 0 Å². The minimum absolute atomic E-state index is 0.0200. The number of halogens is 2. The van der Waals surface area contributed by atoms with Gasteiger partial charge in [0.05, 0.1) is 23.7 Å². The normalized spacial score (nSPS) is 11.7. The van der Waals surface area contributed by atoms with Crippen LogP contribution in [0.15, 0.2) is 48.8 Å². The van der Waals surface area contributed by atoms with Crippen LogP contribution >= 0.6 is 0 Å². The van der Waals surface area contributed by atoms with Crippen molar-refractivity contribution < 1.29 is 17.2 Å². The highest BCUT2D eigenvalue weighted by Gasteiger charge is 2.16. The number of hydrogen-bond donors (Lipinski definition) is 1. The molecule has 0 aliphatic carbocycles. The highest BCUT2D eigenvalue weighted by molar-refractivity contribution is 7.88. The van der Waals surface area contributed by atoms with Crippen LogP contribution in [0.3, 0.4) is 0 Å². The number of aryl methyl sites for hydroxylation is 1. The van der Waals surface area contributed by atoms with E-state index in [9.17, 15) is 17.2 Å². The lowest BCUT2D eigenvalue weighted by molar-refractivity contribution is 0.567. The number of benzene rings is 1. The van der Waals surface area contributed by atoms with Gasteiger partial charge in [0, 0.05) is 30.6 Å². The lowest BCUT2D eigenvalue weighted by Crippen LogP contribution is -2.26. The van der Waals surface area contributed by atoms with Crippen molar-refractivity contribution in [2.45, 2.75) is 12.3 Å². The summed E-state index contributed by atoms with van der Waals surface area (Å²) in [6, 6.07) is 8.06. The Morgan fingerprint density at radius 3 is 2.58 bits per heavy atom. The highest BCUT2D eigenvalue weighted by Crippen LogP contribution is 2.18. The SMILES string of the molecule is Cn1nc(-c2ccncc2)cc1CNS(=O)(=O)Cc1cc(F)ccc1F.